The van der Waals surface area contributed by atoms with Crippen LogP contribution in [-0.2, 0) is 16.2 Å². The molecule has 11 rings (SSSR count). The number of pyridine rings is 1. The zero-order valence-corrected chi connectivity index (χ0v) is 33.4. The van der Waals surface area contributed by atoms with Crippen molar-refractivity contribution in [3.63, 3.8) is 0 Å². The summed E-state index contributed by atoms with van der Waals surface area (Å²) < 4.78 is 0. The van der Waals surface area contributed by atoms with Gasteiger partial charge in [-0.25, -0.2) is 0 Å². The lowest BCUT2D eigenvalue weighted by atomic mass is 9.66. The molecule has 0 radical (unpaired) electrons. The summed E-state index contributed by atoms with van der Waals surface area (Å²) in [5.74, 6) is 0. The van der Waals surface area contributed by atoms with E-state index in [0.29, 0.717) is 0 Å². The van der Waals surface area contributed by atoms with Crippen LogP contribution in [0.15, 0.2) is 188 Å². The topological polar surface area (TPSA) is 19.4 Å². The largest absolute Gasteiger partial charge is 0.355 e. The van der Waals surface area contributed by atoms with Gasteiger partial charge in [0.15, 0.2) is 0 Å². The first-order valence-electron chi connectivity index (χ1n) is 20.5. The van der Waals surface area contributed by atoms with Crippen LogP contribution >= 0.6 is 0 Å². The molecule has 0 saturated carbocycles. The standard InChI is InChI=1S/C55H45N3/c1-53(2,3)39-34-51(54(37-19-6-5-7-20-37)45-27-12-8-23-41(45)42-24-9-13-28-46(42)54)56-52(35-39)55(47-29-14-10-25-43(47)44-26-11-15-30-48(44)55)38-21-18-22-40(33-38)58-36-57(4)49-31-16-17-32-50(49)58/h5-35H,36H2,1-4H3. The molecule has 0 spiro atoms. The van der Waals surface area contributed by atoms with Crippen molar-refractivity contribution in [2.45, 2.75) is 37.0 Å². The first kappa shape index (κ1) is 34.5. The first-order valence-corrected chi connectivity index (χ1v) is 20.5. The summed E-state index contributed by atoms with van der Waals surface area (Å²) in [6, 6.07) is 70.0. The highest BCUT2D eigenvalue weighted by molar-refractivity contribution is 5.89. The van der Waals surface area contributed by atoms with Gasteiger partial charge in [-0.2, -0.15) is 0 Å². The number of hydrogen-bond acceptors (Lipinski definition) is 3. The molecule has 280 valence electrons. The molecule has 0 unspecified atom stereocenters. The van der Waals surface area contributed by atoms with Crippen LogP contribution in [0.3, 0.4) is 0 Å². The molecule has 2 aliphatic carbocycles. The van der Waals surface area contributed by atoms with E-state index >= 15 is 0 Å². The molecular weight excluding hydrogens is 703 g/mol. The van der Waals surface area contributed by atoms with Crippen LogP contribution in [0.2, 0.25) is 0 Å². The lowest BCUT2D eigenvalue weighted by molar-refractivity contribution is 0.578. The Morgan fingerprint density at radius 2 is 0.879 bits per heavy atom. The van der Waals surface area contributed by atoms with Gasteiger partial charge in [0, 0.05) is 12.7 Å². The van der Waals surface area contributed by atoms with Crippen molar-refractivity contribution in [2.75, 3.05) is 23.5 Å². The average Bonchev–Trinajstić information content (AvgIpc) is 3.88. The highest BCUT2D eigenvalue weighted by Gasteiger charge is 2.51. The summed E-state index contributed by atoms with van der Waals surface area (Å²) in [6.07, 6.45) is 0. The molecule has 0 N–H and O–H groups in total. The third-order valence-electron chi connectivity index (χ3n) is 13.1. The van der Waals surface area contributed by atoms with Crippen molar-refractivity contribution in [2.24, 2.45) is 0 Å². The van der Waals surface area contributed by atoms with E-state index in [1.165, 1.54) is 78.3 Å². The zero-order valence-electron chi connectivity index (χ0n) is 33.4. The van der Waals surface area contributed by atoms with Crippen LogP contribution in [0.5, 0.6) is 0 Å². The minimum atomic E-state index is -0.708. The summed E-state index contributed by atoms with van der Waals surface area (Å²) in [4.78, 5) is 10.9. The number of para-hydroxylation sites is 2. The van der Waals surface area contributed by atoms with Crippen LogP contribution < -0.4 is 9.80 Å². The third-order valence-corrected chi connectivity index (χ3v) is 13.1. The first-order chi connectivity index (χ1) is 28.3. The molecule has 2 heterocycles. The lowest BCUT2D eigenvalue weighted by Gasteiger charge is -2.38. The Morgan fingerprint density at radius 1 is 0.448 bits per heavy atom. The highest BCUT2D eigenvalue weighted by atomic mass is 15.4. The molecule has 3 nitrogen and oxygen atoms in total. The summed E-state index contributed by atoms with van der Waals surface area (Å²) in [6.45, 7) is 7.80. The maximum absolute atomic E-state index is 6.16. The quantitative estimate of drug-likeness (QED) is 0.175. The summed E-state index contributed by atoms with van der Waals surface area (Å²) in [7, 11) is 2.18. The van der Waals surface area contributed by atoms with E-state index in [1.54, 1.807) is 0 Å². The monoisotopic (exact) mass is 747 g/mol. The number of benzene rings is 7. The number of hydrogen-bond donors (Lipinski definition) is 0. The Balaban J connectivity index is 1.26. The molecule has 0 saturated heterocycles. The molecule has 1 aromatic heterocycles. The van der Waals surface area contributed by atoms with Gasteiger partial charge in [-0.3, -0.25) is 4.98 Å². The van der Waals surface area contributed by atoms with Gasteiger partial charge in [0.05, 0.1) is 40.3 Å². The van der Waals surface area contributed by atoms with Crippen LogP contribution in [-0.4, -0.2) is 18.7 Å². The second kappa shape index (κ2) is 12.6. The Kier molecular flexibility index (Phi) is 7.53. The Hall–Kier alpha value is -6.71. The van der Waals surface area contributed by atoms with E-state index in [2.05, 4.69) is 226 Å². The number of fused-ring (bicyclic) bond motifs is 7. The van der Waals surface area contributed by atoms with E-state index in [9.17, 15) is 0 Å². The van der Waals surface area contributed by atoms with E-state index in [0.717, 1.165) is 18.1 Å². The molecule has 1 aliphatic heterocycles. The van der Waals surface area contributed by atoms with Crippen molar-refractivity contribution in [1.29, 1.82) is 0 Å². The molecule has 7 aromatic carbocycles. The summed E-state index contributed by atoms with van der Waals surface area (Å²) >= 11 is 0. The molecule has 0 bridgehead atoms. The maximum Gasteiger partial charge on any atom is 0.0950 e. The van der Waals surface area contributed by atoms with Crippen molar-refractivity contribution in [3.8, 4) is 22.3 Å². The normalized spacial score (nSPS) is 15.4. The third kappa shape index (κ3) is 4.71. The van der Waals surface area contributed by atoms with Gasteiger partial charge < -0.3 is 9.80 Å². The molecule has 8 aromatic rings. The SMILES string of the molecule is CN1CN(c2cccc(C3(c4cc(C(C)(C)C)cc(C5(c6ccccc6)c6ccccc6-c6ccccc65)n4)c4ccccc4-c4ccccc43)c2)c2ccccc21. The molecule has 58 heavy (non-hydrogen) atoms. The van der Waals surface area contributed by atoms with Gasteiger partial charge in [-0.05, 0) is 103 Å². The predicted octanol–water partition coefficient (Wildman–Crippen LogP) is 12.7. The Bertz CT molecular complexity index is 2810. The van der Waals surface area contributed by atoms with Gasteiger partial charge in [0.1, 0.15) is 0 Å². The number of rotatable bonds is 5. The second-order valence-corrected chi connectivity index (χ2v) is 17.2. The van der Waals surface area contributed by atoms with Crippen molar-refractivity contribution < 1.29 is 0 Å². The van der Waals surface area contributed by atoms with Crippen molar-refractivity contribution in [1.82, 2.24) is 4.98 Å². The van der Waals surface area contributed by atoms with Gasteiger partial charge in [-0.15, -0.1) is 0 Å². The number of anilines is 3. The zero-order chi connectivity index (χ0) is 39.2. The summed E-state index contributed by atoms with van der Waals surface area (Å²) in [5, 5.41) is 0. The number of aromatic nitrogens is 1. The van der Waals surface area contributed by atoms with Gasteiger partial charge in [0.25, 0.3) is 0 Å². The van der Waals surface area contributed by atoms with Crippen LogP contribution in [0.4, 0.5) is 17.1 Å². The Labute approximate surface area is 341 Å². The van der Waals surface area contributed by atoms with Gasteiger partial charge in [-0.1, -0.05) is 172 Å². The molecule has 3 aliphatic rings. The smallest absolute Gasteiger partial charge is 0.0950 e. The fraction of sp³-hybridized carbons (Fsp3) is 0.145. The van der Waals surface area contributed by atoms with Crippen molar-refractivity contribution >= 4 is 17.1 Å². The number of nitrogens with zero attached hydrogens (tertiary/aromatic N) is 3. The van der Waals surface area contributed by atoms with Crippen LogP contribution in [0.1, 0.15) is 71.1 Å². The molecule has 0 fully saturated rings. The molecular formula is C55H45N3. The summed E-state index contributed by atoms with van der Waals surface area (Å²) in [5.41, 5.74) is 18.0. The van der Waals surface area contributed by atoms with E-state index < -0.39 is 10.8 Å². The fourth-order valence-corrected chi connectivity index (χ4v) is 10.5. The maximum atomic E-state index is 6.16. The predicted molar refractivity (Wildman–Crippen MR) is 239 cm³/mol. The van der Waals surface area contributed by atoms with E-state index in [-0.39, 0.29) is 5.41 Å². The van der Waals surface area contributed by atoms with E-state index in [1.807, 2.05) is 0 Å². The van der Waals surface area contributed by atoms with Crippen LogP contribution in [0.25, 0.3) is 22.3 Å². The minimum absolute atomic E-state index is 0.174. The van der Waals surface area contributed by atoms with Crippen LogP contribution in [0, 0.1) is 0 Å². The Morgan fingerprint density at radius 3 is 1.40 bits per heavy atom. The average molecular weight is 748 g/mol. The molecule has 3 heteroatoms. The van der Waals surface area contributed by atoms with Gasteiger partial charge in [0.2, 0.25) is 0 Å². The fourth-order valence-electron chi connectivity index (χ4n) is 10.5. The lowest BCUT2D eigenvalue weighted by Crippen LogP contribution is -2.35. The van der Waals surface area contributed by atoms with Gasteiger partial charge >= 0.3 is 0 Å². The van der Waals surface area contributed by atoms with E-state index in [4.69, 9.17) is 4.98 Å². The second-order valence-electron chi connectivity index (χ2n) is 17.2. The highest BCUT2D eigenvalue weighted by Crippen LogP contribution is 2.59. The molecule has 0 amide bonds. The molecule has 0 atom stereocenters. The minimum Gasteiger partial charge on any atom is -0.355 e. The van der Waals surface area contributed by atoms with Crippen molar-refractivity contribution in [3.05, 3.63) is 238 Å².